The van der Waals surface area contributed by atoms with Gasteiger partial charge < -0.3 is 24.3 Å². The van der Waals surface area contributed by atoms with Crippen LogP contribution in [0.2, 0.25) is 0 Å². The monoisotopic (exact) mass is 393 g/mol. The third-order valence-corrected chi connectivity index (χ3v) is 5.07. The zero-order valence-corrected chi connectivity index (χ0v) is 16.2. The molecule has 148 valence electrons. The van der Waals surface area contributed by atoms with Gasteiger partial charge in [-0.05, 0) is 34.9 Å². The van der Waals surface area contributed by atoms with E-state index >= 15 is 0 Å². The third-order valence-electron chi connectivity index (χ3n) is 5.07. The first-order chi connectivity index (χ1) is 14.0. The number of methoxy groups -OCH3 is 3. The maximum absolute atomic E-state index is 12.1. The van der Waals surface area contributed by atoms with Crippen molar-refractivity contribution in [1.82, 2.24) is 4.98 Å². The molecular weight excluding hydrogens is 374 g/mol. The molecule has 2 aromatic carbocycles. The Hall–Kier alpha value is -3.74. The summed E-state index contributed by atoms with van der Waals surface area (Å²) >= 11 is 0. The molecule has 0 saturated heterocycles. The fraction of sp³-hybridized carbons (Fsp3) is 0.182. The number of benzene rings is 2. The van der Waals surface area contributed by atoms with Gasteiger partial charge in [-0.2, -0.15) is 0 Å². The number of carbonyl (C=O) groups excluding carboxylic acids is 1. The summed E-state index contributed by atoms with van der Waals surface area (Å²) in [5.74, 6) is -0.320. The standard InChI is InChI=1S/C22H19NO6/c1-27-16-8-11-7-14(22(26)29-3)19(11)21(28-2)20(16)13-5-4-6-15-18(13)12(10-23-15)9-17(24)25/h4-8,10,23H,9H2,1-3H3,(H,24,25). The SMILES string of the molecule is COC(=O)C1=Cc2cc(OC)c(-c3cccc4[nH]cc(CC(=O)O)c34)c(OC)c21. The number of rotatable bonds is 6. The van der Waals surface area contributed by atoms with Crippen molar-refractivity contribution in [3.63, 3.8) is 0 Å². The molecule has 1 aliphatic rings. The van der Waals surface area contributed by atoms with E-state index in [0.29, 0.717) is 33.8 Å². The smallest absolute Gasteiger partial charge is 0.338 e. The van der Waals surface area contributed by atoms with Crippen molar-refractivity contribution < 1.29 is 28.9 Å². The number of carboxylic acid groups (broad SMARTS) is 1. The van der Waals surface area contributed by atoms with Crippen molar-refractivity contribution in [2.24, 2.45) is 0 Å². The van der Waals surface area contributed by atoms with Crippen molar-refractivity contribution in [3.05, 3.63) is 47.2 Å². The molecule has 0 radical (unpaired) electrons. The normalized spacial score (nSPS) is 12.0. The number of ether oxygens (including phenoxy) is 3. The Morgan fingerprint density at radius 1 is 1.10 bits per heavy atom. The highest BCUT2D eigenvalue weighted by Crippen LogP contribution is 2.51. The molecule has 3 aromatic rings. The molecule has 4 rings (SSSR count). The maximum atomic E-state index is 12.1. The van der Waals surface area contributed by atoms with E-state index in [1.807, 2.05) is 24.3 Å². The lowest BCUT2D eigenvalue weighted by molar-refractivity contribution is -0.136. The van der Waals surface area contributed by atoms with Crippen LogP contribution in [0.25, 0.3) is 33.7 Å². The van der Waals surface area contributed by atoms with Crippen molar-refractivity contribution in [2.75, 3.05) is 21.3 Å². The number of aromatic nitrogens is 1. The third kappa shape index (κ3) is 2.82. The lowest BCUT2D eigenvalue weighted by atomic mass is 9.83. The first-order valence-electron chi connectivity index (χ1n) is 8.90. The minimum absolute atomic E-state index is 0.125. The van der Waals surface area contributed by atoms with E-state index < -0.39 is 11.9 Å². The molecule has 2 N–H and O–H groups in total. The second kappa shape index (κ2) is 7.01. The van der Waals surface area contributed by atoms with Crippen LogP contribution in [0.3, 0.4) is 0 Å². The Labute approximate surface area is 166 Å². The van der Waals surface area contributed by atoms with Gasteiger partial charge in [0.15, 0.2) is 0 Å². The summed E-state index contributed by atoms with van der Waals surface area (Å²) in [6, 6.07) is 7.47. The first kappa shape index (κ1) is 18.6. The van der Waals surface area contributed by atoms with Gasteiger partial charge in [-0.25, -0.2) is 4.79 Å². The van der Waals surface area contributed by atoms with Crippen molar-refractivity contribution in [1.29, 1.82) is 0 Å². The van der Waals surface area contributed by atoms with E-state index in [2.05, 4.69) is 4.98 Å². The first-order valence-corrected chi connectivity index (χ1v) is 8.90. The minimum Gasteiger partial charge on any atom is -0.496 e. The van der Waals surface area contributed by atoms with Crippen LogP contribution in [0.4, 0.5) is 0 Å². The topological polar surface area (TPSA) is 97.9 Å². The number of carbonyl (C=O) groups is 2. The Morgan fingerprint density at radius 2 is 1.90 bits per heavy atom. The Kier molecular flexibility index (Phi) is 4.50. The highest BCUT2D eigenvalue weighted by atomic mass is 16.5. The van der Waals surface area contributed by atoms with Crippen molar-refractivity contribution in [3.8, 4) is 22.6 Å². The number of aromatic amines is 1. The highest BCUT2D eigenvalue weighted by molar-refractivity contribution is 6.29. The van der Waals surface area contributed by atoms with E-state index in [1.54, 1.807) is 19.4 Å². The number of hydrogen-bond donors (Lipinski definition) is 2. The van der Waals surface area contributed by atoms with E-state index in [1.165, 1.54) is 14.2 Å². The molecule has 0 spiro atoms. The van der Waals surface area contributed by atoms with Gasteiger partial charge in [0.1, 0.15) is 11.5 Å². The van der Waals surface area contributed by atoms with Gasteiger partial charge in [-0.3, -0.25) is 4.79 Å². The number of aliphatic carboxylic acids is 1. The molecule has 1 aromatic heterocycles. The lowest BCUT2D eigenvalue weighted by Gasteiger charge is -2.25. The quantitative estimate of drug-likeness (QED) is 0.622. The van der Waals surface area contributed by atoms with Gasteiger partial charge >= 0.3 is 11.9 Å². The molecule has 7 heteroatoms. The summed E-state index contributed by atoms with van der Waals surface area (Å²) in [4.78, 5) is 26.6. The molecule has 0 atom stereocenters. The van der Waals surface area contributed by atoms with Crippen molar-refractivity contribution in [2.45, 2.75) is 6.42 Å². The highest BCUT2D eigenvalue weighted by Gasteiger charge is 2.32. The minimum atomic E-state index is -0.923. The van der Waals surface area contributed by atoms with E-state index in [-0.39, 0.29) is 6.42 Å². The fourth-order valence-corrected chi connectivity index (χ4v) is 3.85. The number of carboxylic acids is 1. The number of H-pyrrole nitrogens is 1. The molecule has 0 fully saturated rings. The second-order valence-corrected chi connectivity index (χ2v) is 6.61. The zero-order valence-electron chi connectivity index (χ0n) is 16.2. The number of nitrogens with one attached hydrogen (secondary N) is 1. The average Bonchev–Trinajstić information content (AvgIpc) is 3.10. The number of fused-ring (bicyclic) bond motifs is 2. The summed E-state index contributed by atoms with van der Waals surface area (Å²) in [5, 5.41) is 10.1. The van der Waals surface area contributed by atoms with Crippen LogP contribution in [0.1, 0.15) is 16.7 Å². The zero-order chi connectivity index (χ0) is 20.7. The summed E-state index contributed by atoms with van der Waals surface area (Å²) in [5.41, 5.74) is 4.76. The second-order valence-electron chi connectivity index (χ2n) is 6.61. The van der Waals surface area contributed by atoms with E-state index in [0.717, 1.165) is 22.0 Å². The largest absolute Gasteiger partial charge is 0.496 e. The van der Waals surface area contributed by atoms with Crippen LogP contribution >= 0.6 is 0 Å². The summed E-state index contributed by atoms with van der Waals surface area (Å²) in [6.07, 6.45) is 3.30. The molecule has 0 saturated carbocycles. The fourth-order valence-electron chi connectivity index (χ4n) is 3.85. The van der Waals surface area contributed by atoms with Crippen LogP contribution in [0, 0.1) is 0 Å². The van der Waals surface area contributed by atoms with Gasteiger partial charge in [-0.15, -0.1) is 0 Å². The van der Waals surface area contributed by atoms with E-state index in [4.69, 9.17) is 14.2 Å². The Morgan fingerprint density at radius 3 is 2.55 bits per heavy atom. The average molecular weight is 393 g/mol. The van der Waals surface area contributed by atoms with Gasteiger partial charge in [0, 0.05) is 22.7 Å². The van der Waals surface area contributed by atoms with Gasteiger partial charge in [0.2, 0.25) is 0 Å². The summed E-state index contributed by atoms with van der Waals surface area (Å²) in [7, 11) is 4.42. The van der Waals surface area contributed by atoms with Gasteiger partial charge in [0.25, 0.3) is 0 Å². The van der Waals surface area contributed by atoms with Gasteiger partial charge in [-0.1, -0.05) is 12.1 Å². The molecule has 29 heavy (non-hydrogen) atoms. The van der Waals surface area contributed by atoms with Crippen LogP contribution in [0.5, 0.6) is 11.5 Å². The lowest BCUT2D eigenvalue weighted by Crippen LogP contribution is -2.13. The Bertz CT molecular complexity index is 1190. The van der Waals surface area contributed by atoms with Gasteiger partial charge in [0.05, 0.1) is 38.9 Å². The molecule has 0 aliphatic heterocycles. The molecule has 0 bridgehead atoms. The molecule has 1 heterocycles. The molecule has 0 unspecified atom stereocenters. The molecule has 1 aliphatic carbocycles. The van der Waals surface area contributed by atoms with Crippen LogP contribution < -0.4 is 9.47 Å². The van der Waals surface area contributed by atoms with E-state index in [9.17, 15) is 14.7 Å². The molecular formula is C22H19NO6. The van der Waals surface area contributed by atoms with Crippen LogP contribution in [0.15, 0.2) is 30.5 Å². The van der Waals surface area contributed by atoms with Crippen LogP contribution in [-0.4, -0.2) is 43.4 Å². The molecule has 7 nitrogen and oxygen atoms in total. The van der Waals surface area contributed by atoms with Crippen LogP contribution in [-0.2, 0) is 20.7 Å². The summed E-state index contributed by atoms with van der Waals surface area (Å²) < 4.78 is 16.2. The maximum Gasteiger partial charge on any atom is 0.338 e. The summed E-state index contributed by atoms with van der Waals surface area (Å²) in [6.45, 7) is 0. The predicted molar refractivity (Wildman–Crippen MR) is 108 cm³/mol. The van der Waals surface area contributed by atoms with Crippen molar-refractivity contribution >= 4 is 34.5 Å². The Balaban J connectivity index is 2.02. The number of esters is 1. The number of hydrogen-bond acceptors (Lipinski definition) is 5. The molecule has 0 amide bonds. The predicted octanol–water partition coefficient (Wildman–Crippen LogP) is 3.51.